The van der Waals surface area contributed by atoms with Crippen molar-refractivity contribution in [1.29, 1.82) is 0 Å². The van der Waals surface area contributed by atoms with Crippen molar-refractivity contribution in [1.82, 2.24) is 10.0 Å². The molecule has 2 aliphatic heterocycles. The predicted octanol–water partition coefficient (Wildman–Crippen LogP) is 1.29. The number of hydrogen-bond acceptors (Lipinski definition) is 4. The van der Waals surface area contributed by atoms with Gasteiger partial charge in [0.2, 0.25) is 10.0 Å². The van der Waals surface area contributed by atoms with Crippen LogP contribution in [0.5, 0.6) is 0 Å². The zero-order chi connectivity index (χ0) is 13.8. The van der Waals surface area contributed by atoms with Crippen LogP contribution < -0.4 is 10.0 Å². The second-order valence-corrected chi connectivity index (χ2v) is 8.03. The highest BCUT2D eigenvalue weighted by Gasteiger charge is 2.29. The highest BCUT2D eigenvalue weighted by molar-refractivity contribution is 7.89. The fraction of sp³-hybridized carbons (Fsp3) is 1.00. The molecule has 0 spiro atoms. The molecule has 2 fully saturated rings. The number of piperidine rings is 1. The molecule has 0 radical (unpaired) electrons. The van der Waals surface area contributed by atoms with E-state index in [2.05, 4.69) is 17.0 Å². The fourth-order valence-corrected chi connectivity index (χ4v) is 4.23. The molecule has 120 valence electrons. The summed E-state index contributed by atoms with van der Waals surface area (Å²) in [6.45, 7) is 5.28. The number of hydrogen-bond donors (Lipinski definition) is 2. The molecule has 2 aliphatic rings. The van der Waals surface area contributed by atoms with Crippen LogP contribution in [0.1, 0.15) is 39.0 Å². The van der Waals surface area contributed by atoms with E-state index < -0.39 is 10.0 Å². The molecule has 0 aliphatic carbocycles. The van der Waals surface area contributed by atoms with Crippen LogP contribution in [0.25, 0.3) is 0 Å². The Balaban J connectivity index is 0.00000200. The summed E-state index contributed by atoms with van der Waals surface area (Å²) < 4.78 is 32.4. The summed E-state index contributed by atoms with van der Waals surface area (Å²) >= 11 is 0. The summed E-state index contributed by atoms with van der Waals surface area (Å²) in [5.41, 5.74) is 0.0404. The Labute approximate surface area is 128 Å². The van der Waals surface area contributed by atoms with E-state index in [1.54, 1.807) is 0 Å². The quantitative estimate of drug-likeness (QED) is 0.799. The van der Waals surface area contributed by atoms with Gasteiger partial charge in [0.05, 0.1) is 11.9 Å². The lowest BCUT2D eigenvalue weighted by Gasteiger charge is -2.34. The monoisotopic (exact) mass is 326 g/mol. The Morgan fingerprint density at radius 3 is 2.75 bits per heavy atom. The van der Waals surface area contributed by atoms with Gasteiger partial charge in [-0.25, -0.2) is 13.1 Å². The first kappa shape index (κ1) is 18.2. The molecule has 2 atom stereocenters. The zero-order valence-electron chi connectivity index (χ0n) is 12.2. The molecule has 7 heteroatoms. The Morgan fingerprint density at radius 1 is 1.35 bits per heavy atom. The molecule has 2 saturated heterocycles. The molecular weight excluding hydrogens is 300 g/mol. The van der Waals surface area contributed by atoms with Crippen molar-refractivity contribution in [2.75, 3.05) is 32.0 Å². The minimum absolute atomic E-state index is 0. The largest absolute Gasteiger partial charge is 0.377 e. The normalized spacial score (nSPS) is 31.6. The molecule has 0 aromatic heterocycles. The van der Waals surface area contributed by atoms with Crippen LogP contribution in [0.2, 0.25) is 0 Å². The third kappa shape index (κ3) is 5.85. The van der Waals surface area contributed by atoms with Gasteiger partial charge in [0, 0.05) is 19.7 Å². The SMILES string of the molecule is CC1(CNS(=O)(=O)CC2CCCCO2)CCCNC1.Cl. The number of halogens is 1. The standard InChI is InChI=1S/C13H26N2O3S.ClH/c1-13(6-4-7-14-10-13)11-15-19(16,17)9-12-5-2-3-8-18-12;/h12,14-15H,2-11H2,1H3;1H. The van der Waals surface area contributed by atoms with E-state index in [4.69, 9.17) is 4.74 Å². The van der Waals surface area contributed by atoms with Gasteiger partial charge in [-0.1, -0.05) is 6.92 Å². The average molecular weight is 327 g/mol. The molecule has 20 heavy (non-hydrogen) atoms. The highest BCUT2D eigenvalue weighted by Crippen LogP contribution is 2.24. The maximum absolute atomic E-state index is 12.1. The van der Waals surface area contributed by atoms with E-state index in [1.807, 2.05) is 0 Å². The summed E-state index contributed by atoms with van der Waals surface area (Å²) in [7, 11) is -3.22. The first-order valence-electron chi connectivity index (χ1n) is 7.29. The minimum atomic E-state index is -3.22. The van der Waals surface area contributed by atoms with Crippen molar-refractivity contribution in [2.24, 2.45) is 5.41 Å². The average Bonchev–Trinajstić information content (AvgIpc) is 2.38. The molecule has 2 rings (SSSR count). The third-order valence-corrected chi connectivity index (χ3v) is 5.48. The predicted molar refractivity (Wildman–Crippen MR) is 82.8 cm³/mol. The summed E-state index contributed by atoms with van der Waals surface area (Å²) in [4.78, 5) is 0. The van der Waals surface area contributed by atoms with Gasteiger partial charge < -0.3 is 10.1 Å². The van der Waals surface area contributed by atoms with E-state index in [1.165, 1.54) is 0 Å². The fourth-order valence-electron chi connectivity index (χ4n) is 2.80. The molecular formula is C13H27ClN2O3S. The number of ether oxygens (including phenoxy) is 1. The van der Waals surface area contributed by atoms with Crippen molar-refractivity contribution in [3.05, 3.63) is 0 Å². The van der Waals surface area contributed by atoms with Crippen LogP contribution in [0.4, 0.5) is 0 Å². The van der Waals surface area contributed by atoms with E-state index >= 15 is 0 Å². The van der Waals surface area contributed by atoms with Gasteiger partial charge in [-0.15, -0.1) is 12.4 Å². The zero-order valence-corrected chi connectivity index (χ0v) is 13.8. The minimum Gasteiger partial charge on any atom is -0.377 e. The van der Waals surface area contributed by atoms with Gasteiger partial charge in [-0.2, -0.15) is 0 Å². The molecule has 0 aromatic carbocycles. The van der Waals surface area contributed by atoms with Crippen LogP contribution in [-0.4, -0.2) is 46.5 Å². The Kier molecular flexibility index (Phi) is 7.21. The van der Waals surface area contributed by atoms with Crippen molar-refractivity contribution in [2.45, 2.75) is 45.1 Å². The Hall–Kier alpha value is 0.120. The lowest BCUT2D eigenvalue weighted by Crippen LogP contribution is -2.47. The number of nitrogens with one attached hydrogen (secondary N) is 2. The van der Waals surface area contributed by atoms with Crippen LogP contribution in [0, 0.1) is 5.41 Å². The van der Waals surface area contributed by atoms with Gasteiger partial charge in [0.1, 0.15) is 0 Å². The molecule has 0 bridgehead atoms. The highest BCUT2D eigenvalue weighted by atomic mass is 35.5. The summed E-state index contributed by atoms with van der Waals surface area (Å²) in [6, 6.07) is 0. The third-order valence-electron chi connectivity index (χ3n) is 4.08. The summed E-state index contributed by atoms with van der Waals surface area (Å²) in [5.74, 6) is 0.108. The molecule has 2 heterocycles. The maximum atomic E-state index is 12.1. The first-order chi connectivity index (χ1) is 8.99. The van der Waals surface area contributed by atoms with E-state index in [-0.39, 0.29) is 29.7 Å². The topological polar surface area (TPSA) is 67.4 Å². The van der Waals surface area contributed by atoms with Gasteiger partial charge >= 0.3 is 0 Å². The molecule has 0 amide bonds. The van der Waals surface area contributed by atoms with Crippen LogP contribution >= 0.6 is 12.4 Å². The molecule has 0 saturated carbocycles. The number of sulfonamides is 1. The number of rotatable bonds is 5. The molecule has 5 nitrogen and oxygen atoms in total. The van der Waals surface area contributed by atoms with Crippen molar-refractivity contribution in [3.63, 3.8) is 0 Å². The molecule has 0 aromatic rings. The van der Waals surface area contributed by atoms with Crippen molar-refractivity contribution in [3.8, 4) is 0 Å². The smallest absolute Gasteiger partial charge is 0.214 e. The molecule has 2 unspecified atom stereocenters. The lowest BCUT2D eigenvalue weighted by atomic mass is 9.83. The summed E-state index contributed by atoms with van der Waals surface area (Å²) in [6.07, 6.45) is 5.05. The van der Waals surface area contributed by atoms with E-state index in [0.29, 0.717) is 13.2 Å². The van der Waals surface area contributed by atoms with Gasteiger partial charge in [0.15, 0.2) is 0 Å². The van der Waals surface area contributed by atoms with Crippen molar-refractivity contribution < 1.29 is 13.2 Å². The maximum Gasteiger partial charge on any atom is 0.214 e. The van der Waals surface area contributed by atoms with Crippen LogP contribution in [0.3, 0.4) is 0 Å². The van der Waals surface area contributed by atoms with Crippen LogP contribution in [-0.2, 0) is 14.8 Å². The van der Waals surface area contributed by atoms with Crippen molar-refractivity contribution >= 4 is 22.4 Å². The first-order valence-corrected chi connectivity index (χ1v) is 8.94. The summed E-state index contributed by atoms with van der Waals surface area (Å²) in [5, 5.41) is 3.33. The Morgan fingerprint density at radius 2 is 2.15 bits per heavy atom. The second kappa shape index (κ2) is 7.94. The van der Waals surface area contributed by atoms with Gasteiger partial charge in [-0.05, 0) is 44.1 Å². The van der Waals surface area contributed by atoms with E-state index in [0.717, 1.165) is 45.2 Å². The second-order valence-electron chi connectivity index (χ2n) is 6.18. The van der Waals surface area contributed by atoms with Crippen LogP contribution in [0.15, 0.2) is 0 Å². The van der Waals surface area contributed by atoms with E-state index in [9.17, 15) is 8.42 Å². The Bertz CT molecular complexity index is 377. The van der Waals surface area contributed by atoms with Gasteiger partial charge in [-0.3, -0.25) is 0 Å². The van der Waals surface area contributed by atoms with Gasteiger partial charge in [0.25, 0.3) is 0 Å². The lowest BCUT2D eigenvalue weighted by molar-refractivity contribution is 0.0303. The molecule has 2 N–H and O–H groups in total.